The topological polar surface area (TPSA) is 89.6 Å². The molecule has 176 valence electrons. The Kier molecular flexibility index (Phi) is 6.70. The zero-order valence-electron chi connectivity index (χ0n) is 19.3. The molecule has 34 heavy (non-hydrogen) atoms. The second-order valence-corrected chi connectivity index (χ2v) is 8.90. The van der Waals surface area contributed by atoms with Crippen LogP contribution in [-0.2, 0) is 4.79 Å². The number of ketones is 1. The molecule has 1 aliphatic rings. The monoisotopic (exact) mass is 479 g/mol. The molecule has 2 aromatic carbocycles. The van der Waals surface area contributed by atoms with Crippen LogP contribution >= 0.6 is 11.6 Å². The van der Waals surface area contributed by atoms with Gasteiger partial charge in [-0.05, 0) is 37.3 Å². The Morgan fingerprint density at radius 2 is 1.82 bits per heavy atom. The largest absolute Gasteiger partial charge is 0.377 e. The van der Waals surface area contributed by atoms with Crippen LogP contribution in [-0.4, -0.2) is 77.4 Å². The van der Waals surface area contributed by atoms with Gasteiger partial charge in [-0.3, -0.25) is 19.5 Å². The second-order valence-electron chi connectivity index (χ2n) is 8.50. The Labute approximate surface area is 203 Å². The lowest BCUT2D eigenvalue weighted by atomic mass is 10.0. The number of nitrogens with one attached hydrogen (secondary N) is 1. The predicted octanol–water partition coefficient (Wildman–Crippen LogP) is 3.35. The first-order valence-electron chi connectivity index (χ1n) is 11.0. The third-order valence-corrected chi connectivity index (χ3v) is 6.29. The fourth-order valence-electron chi connectivity index (χ4n) is 4.17. The van der Waals surface area contributed by atoms with Crippen LogP contribution < -0.4 is 4.90 Å². The number of H-pyrrole nitrogens is 1. The van der Waals surface area contributed by atoms with Gasteiger partial charge in [-0.2, -0.15) is 5.10 Å². The van der Waals surface area contributed by atoms with E-state index in [4.69, 9.17) is 11.6 Å². The molecule has 0 aliphatic carbocycles. The van der Waals surface area contributed by atoms with E-state index in [1.165, 1.54) is 11.0 Å². The number of hydrogen-bond donors (Lipinski definition) is 1. The highest BCUT2D eigenvalue weighted by atomic mass is 35.5. The second kappa shape index (κ2) is 9.69. The van der Waals surface area contributed by atoms with Gasteiger partial charge in [0.15, 0.2) is 0 Å². The van der Waals surface area contributed by atoms with Crippen molar-refractivity contribution in [3.8, 4) is 11.3 Å². The van der Waals surface area contributed by atoms with Gasteiger partial charge in [0, 0.05) is 62.8 Å². The van der Waals surface area contributed by atoms with E-state index in [0.717, 1.165) is 0 Å². The highest BCUT2D eigenvalue weighted by Gasteiger charge is 2.34. The molecule has 0 bridgehead atoms. The molecule has 1 aromatic heterocycles. The summed E-state index contributed by atoms with van der Waals surface area (Å²) < 4.78 is 0. The Hall–Kier alpha value is -3.65. The number of hydrogen-bond acceptors (Lipinski definition) is 5. The maximum absolute atomic E-state index is 13.3. The summed E-state index contributed by atoms with van der Waals surface area (Å²) in [5.74, 6) is -1.32. The van der Waals surface area contributed by atoms with Crippen molar-refractivity contribution < 1.29 is 14.4 Å². The van der Waals surface area contributed by atoms with Crippen LogP contribution in [0.25, 0.3) is 11.3 Å². The highest BCUT2D eigenvalue weighted by Crippen LogP contribution is 2.34. The number of piperazine rings is 1. The van der Waals surface area contributed by atoms with Crippen molar-refractivity contribution in [3.63, 3.8) is 0 Å². The Morgan fingerprint density at radius 3 is 2.44 bits per heavy atom. The molecule has 1 N–H and O–H groups in total. The summed E-state index contributed by atoms with van der Waals surface area (Å²) in [6.07, 6.45) is 1.69. The smallest absolute Gasteiger partial charge is 0.295 e. The molecule has 4 rings (SSSR count). The van der Waals surface area contributed by atoms with Crippen LogP contribution in [0.4, 0.5) is 5.69 Å². The van der Waals surface area contributed by atoms with E-state index in [1.54, 1.807) is 54.4 Å². The molecule has 0 unspecified atom stereocenters. The quantitative estimate of drug-likeness (QED) is 0.447. The molecule has 8 nitrogen and oxygen atoms in total. The normalized spacial score (nSPS) is 15.8. The number of amides is 2. The highest BCUT2D eigenvalue weighted by molar-refractivity contribution is 6.45. The molecule has 2 heterocycles. The minimum absolute atomic E-state index is 0.0819. The average Bonchev–Trinajstić information content (AvgIpc) is 3.37. The van der Waals surface area contributed by atoms with E-state index >= 15 is 0 Å². The fraction of sp³-hybridized carbons (Fsp3) is 0.280. The summed E-state index contributed by atoms with van der Waals surface area (Å²) in [5, 5.41) is 7.25. The number of anilines is 1. The molecule has 1 atom stereocenters. The molecular weight excluding hydrogens is 454 g/mol. The summed E-state index contributed by atoms with van der Waals surface area (Å²) in [6, 6.07) is 13.8. The maximum atomic E-state index is 13.3. The minimum Gasteiger partial charge on any atom is -0.377 e. The van der Waals surface area contributed by atoms with Crippen molar-refractivity contribution in [1.82, 2.24) is 20.0 Å². The number of aromatic nitrogens is 2. The number of halogens is 1. The standard InChI is InChI=1S/C25H26ClN5O3/c1-16-15-30(24(33)17-7-5-4-6-8-17)11-12-31(16)25(34)23(32)19-13-20(26)18(14-22(19)29(2)3)21-9-10-27-28-21/h4-10,13-14,16H,11-12,15H2,1-3H3,(H,27,28)/t16-/m1/s1. The summed E-state index contributed by atoms with van der Waals surface area (Å²) in [6.45, 7) is 2.83. The summed E-state index contributed by atoms with van der Waals surface area (Å²) in [7, 11) is 3.60. The van der Waals surface area contributed by atoms with Gasteiger partial charge in [-0.1, -0.05) is 29.8 Å². The number of nitrogens with zero attached hydrogens (tertiary/aromatic N) is 4. The number of carbonyl (C=O) groups is 3. The van der Waals surface area contributed by atoms with Gasteiger partial charge in [0.1, 0.15) is 0 Å². The molecule has 0 spiro atoms. The van der Waals surface area contributed by atoms with E-state index in [-0.39, 0.29) is 24.1 Å². The van der Waals surface area contributed by atoms with E-state index in [2.05, 4.69) is 10.2 Å². The summed E-state index contributed by atoms with van der Waals surface area (Å²) in [5.41, 5.74) is 2.72. The third-order valence-electron chi connectivity index (χ3n) is 5.98. The lowest BCUT2D eigenvalue weighted by Gasteiger charge is -2.39. The Bertz CT molecular complexity index is 1210. The van der Waals surface area contributed by atoms with Gasteiger partial charge < -0.3 is 14.7 Å². The number of rotatable bonds is 5. The molecule has 1 fully saturated rings. The lowest BCUT2D eigenvalue weighted by Crippen LogP contribution is -2.56. The molecule has 2 amide bonds. The van der Waals surface area contributed by atoms with Crippen LogP contribution in [0.1, 0.15) is 27.6 Å². The van der Waals surface area contributed by atoms with Crippen LogP contribution in [0.5, 0.6) is 0 Å². The Morgan fingerprint density at radius 1 is 1.09 bits per heavy atom. The van der Waals surface area contributed by atoms with Crippen molar-refractivity contribution in [1.29, 1.82) is 0 Å². The minimum atomic E-state index is -0.631. The van der Waals surface area contributed by atoms with Gasteiger partial charge in [0.05, 0.1) is 16.3 Å². The van der Waals surface area contributed by atoms with E-state index < -0.39 is 11.7 Å². The summed E-state index contributed by atoms with van der Waals surface area (Å²) >= 11 is 6.48. The van der Waals surface area contributed by atoms with E-state index in [0.29, 0.717) is 40.6 Å². The zero-order valence-corrected chi connectivity index (χ0v) is 20.0. The van der Waals surface area contributed by atoms with Gasteiger partial charge in [0.2, 0.25) is 0 Å². The molecule has 9 heteroatoms. The van der Waals surface area contributed by atoms with Crippen molar-refractivity contribution >= 4 is 34.9 Å². The van der Waals surface area contributed by atoms with Crippen LogP contribution in [0.2, 0.25) is 5.02 Å². The van der Waals surface area contributed by atoms with Gasteiger partial charge in [-0.15, -0.1) is 0 Å². The van der Waals surface area contributed by atoms with Crippen LogP contribution in [0, 0.1) is 0 Å². The Balaban J connectivity index is 1.54. The van der Waals surface area contributed by atoms with Crippen molar-refractivity contribution in [3.05, 3.63) is 70.9 Å². The molecule has 0 radical (unpaired) electrons. The molecule has 3 aromatic rings. The zero-order chi connectivity index (χ0) is 24.4. The SMILES string of the molecule is C[C@@H]1CN(C(=O)c2ccccc2)CCN1C(=O)C(=O)c1cc(Cl)c(-c2cc[nH]n2)cc1N(C)C. The van der Waals surface area contributed by atoms with Gasteiger partial charge in [-0.25, -0.2) is 0 Å². The van der Waals surface area contributed by atoms with Crippen molar-refractivity contribution in [2.75, 3.05) is 38.6 Å². The maximum Gasteiger partial charge on any atom is 0.295 e. The summed E-state index contributed by atoms with van der Waals surface area (Å²) in [4.78, 5) is 44.4. The van der Waals surface area contributed by atoms with Crippen LogP contribution in [0.3, 0.4) is 0 Å². The molecule has 1 aliphatic heterocycles. The number of carbonyl (C=O) groups excluding carboxylic acids is 3. The fourth-order valence-corrected chi connectivity index (χ4v) is 4.43. The van der Waals surface area contributed by atoms with E-state index in [1.807, 2.05) is 25.1 Å². The predicted molar refractivity (Wildman–Crippen MR) is 131 cm³/mol. The van der Waals surface area contributed by atoms with Gasteiger partial charge >= 0.3 is 0 Å². The average molecular weight is 480 g/mol. The number of benzene rings is 2. The third kappa shape index (κ3) is 4.54. The molecular formula is C25H26ClN5O3. The number of Topliss-reactive ketones (excluding diaryl/α,β-unsaturated/α-hetero) is 1. The first kappa shape index (κ1) is 23.5. The van der Waals surface area contributed by atoms with Crippen LogP contribution in [0.15, 0.2) is 54.7 Å². The van der Waals surface area contributed by atoms with Crippen molar-refractivity contribution in [2.24, 2.45) is 0 Å². The molecule has 0 saturated carbocycles. The van der Waals surface area contributed by atoms with Crippen molar-refractivity contribution in [2.45, 2.75) is 13.0 Å². The first-order valence-corrected chi connectivity index (χ1v) is 11.4. The number of aromatic amines is 1. The first-order chi connectivity index (χ1) is 16.3. The van der Waals surface area contributed by atoms with Gasteiger partial charge in [0.25, 0.3) is 17.6 Å². The molecule has 1 saturated heterocycles. The lowest BCUT2D eigenvalue weighted by molar-refractivity contribution is -0.130. The van der Waals surface area contributed by atoms with E-state index in [9.17, 15) is 14.4 Å².